The van der Waals surface area contributed by atoms with Crippen LogP contribution in [0.25, 0.3) is 0 Å². The lowest BCUT2D eigenvalue weighted by Gasteiger charge is -2.15. The number of carbonyl (C=O) groups is 1. The van der Waals surface area contributed by atoms with Crippen LogP contribution in [0.15, 0.2) is 47.4 Å². The average molecular weight is 437 g/mol. The number of rotatable bonds is 5. The first-order valence-electron chi connectivity index (χ1n) is 8.01. The number of H-pyrrole nitrogens is 1. The third-order valence-corrected chi connectivity index (χ3v) is 4.33. The van der Waals surface area contributed by atoms with Gasteiger partial charge in [-0.3, -0.25) is 15.0 Å². The number of benzene rings is 2. The molecule has 0 fully saturated rings. The zero-order chi connectivity index (χ0) is 21.3. The molecule has 0 aliphatic rings. The number of anilines is 2. The first kappa shape index (κ1) is 22.7. The van der Waals surface area contributed by atoms with E-state index in [4.69, 9.17) is 22.7 Å². The molecule has 10 heteroatoms. The molecule has 2 aromatic carbocycles. The smallest absolute Gasteiger partial charge is 0.259 e. The van der Waals surface area contributed by atoms with Crippen LogP contribution in [-0.4, -0.2) is 16.6 Å². The van der Waals surface area contributed by atoms with E-state index in [0.717, 1.165) is 42.6 Å². The number of nitrogens with two attached hydrogens (primary N) is 1. The predicted octanol–water partition coefficient (Wildman–Crippen LogP) is 4.34. The van der Waals surface area contributed by atoms with Crippen molar-refractivity contribution in [2.45, 2.75) is 7.43 Å². The van der Waals surface area contributed by atoms with Crippen LogP contribution in [0.4, 0.5) is 24.5 Å². The van der Waals surface area contributed by atoms with Gasteiger partial charge in [-0.05, 0) is 30.3 Å². The maximum Gasteiger partial charge on any atom is 0.259 e. The molecule has 1 heterocycles. The van der Waals surface area contributed by atoms with Crippen molar-refractivity contribution in [2.24, 2.45) is 5.73 Å². The Morgan fingerprint density at radius 3 is 2.30 bits per heavy atom. The van der Waals surface area contributed by atoms with Crippen molar-refractivity contribution < 1.29 is 18.0 Å². The first-order valence-corrected chi connectivity index (χ1v) is 8.39. The molecule has 0 spiro atoms. The minimum Gasteiger partial charge on any atom is -0.366 e. The van der Waals surface area contributed by atoms with Gasteiger partial charge in [0.1, 0.15) is 23.1 Å². The van der Waals surface area contributed by atoms with Gasteiger partial charge >= 0.3 is 0 Å². The third-order valence-electron chi connectivity index (χ3n) is 4.03. The van der Waals surface area contributed by atoms with Gasteiger partial charge < -0.3 is 16.0 Å². The molecule has 0 saturated heterocycles. The highest BCUT2D eigenvalue weighted by atomic mass is 35.5. The summed E-state index contributed by atoms with van der Waals surface area (Å²) in [6.45, 7) is 0. The number of hydrogen-bond donors (Lipinski definition) is 4. The van der Waals surface area contributed by atoms with Crippen molar-refractivity contribution in [3.63, 3.8) is 0 Å². The summed E-state index contributed by atoms with van der Waals surface area (Å²) in [6, 6.07) is 6.12. The SMILES string of the molecule is C.N=C(c1cc(C(N)=O)ccc1F)c1c(Nc2c(F)cccc2F)c(Cl)c[nH]c1=O. The van der Waals surface area contributed by atoms with Crippen molar-refractivity contribution in [1.29, 1.82) is 5.41 Å². The molecule has 0 saturated carbocycles. The molecule has 3 aromatic rings. The predicted molar refractivity (Wildman–Crippen MR) is 109 cm³/mol. The summed E-state index contributed by atoms with van der Waals surface area (Å²) in [7, 11) is 0. The second kappa shape index (κ2) is 8.83. The molecule has 0 bridgehead atoms. The van der Waals surface area contributed by atoms with E-state index in [1.165, 1.54) is 0 Å². The molecular weight excluding hydrogens is 421 g/mol. The van der Waals surface area contributed by atoms with Crippen LogP contribution < -0.4 is 16.6 Å². The van der Waals surface area contributed by atoms with Gasteiger partial charge in [0.2, 0.25) is 5.91 Å². The third kappa shape index (κ3) is 4.20. The number of amides is 1. The highest BCUT2D eigenvalue weighted by Gasteiger charge is 2.22. The van der Waals surface area contributed by atoms with E-state index < -0.39 is 51.4 Å². The number of aromatic nitrogens is 1. The van der Waals surface area contributed by atoms with Crippen molar-refractivity contribution in [2.75, 3.05) is 5.32 Å². The summed E-state index contributed by atoms with van der Waals surface area (Å²) in [5.41, 5.74) is 1.70. The highest BCUT2D eigenvalue weighted by molar-refractivity contribution is 6.34. The van der Waals surface area contributed by atoms with E-state index in [9.17, 15) is 22.8 Å². The quantitative estimate of drug-likeness (QED) is 0.446. The molecule has 6 nitrogen and oxygen atoms in total. The number of halogens is 4. The van der Waals surface area contributed by atoms with Crippen LogP contribution in [0.2, 0.25) is 5.02 Å². The van der Waals surface area contributed by atoms with Gasteiger partial charge in [0.25, 0.3) is 5.56 Å². The maximum atomic E-state index is 14.3. The molecule has 156 valence electrons. The summed E-state index contributed by atoms with van der Waals surface area (Å²) in [5.74, 6) is -3.73. The molecule has 0 unspecified atom stereocenters. The van der Waals surface area contributed by atoms with Gasteiger partial charge in [0, 0.05) is 17.3 Å². The fraction of sp³-hybridized carbons (Fsp3) is 0.0500. The molecule has 5 N–H and O–H groups in total. The molecule has 3 rings (SSSR count). The van der Waals surface area contributed by atoms with Gasteiger partial charge in [-0.1, -0.05) is 25.1 Å². The molecule has 0 aliphatic heterocycles. The molecular formula is C20H16ClF3N4O2. The Labute approximate surface area is 174 Å². The Morgan fingerprint density at radius 2 is 1.70 bits per heavy atom. The lowest BCUT2D eigenvalue weighted by atomic mass is 9.99. The summed E-state index contributed by atoms with van der Waals surface area (Å²) in [5, 5.41) is 10.5. The van der Waals surface area contributed by atoms with E-state index in [1.54, 1.807) is 0 Å². The zero-order valence-corrected chi connectivity index (χ0v) is 15.2. The largest absolute Gasteiger partial charge is 0.366 e. The molecule has 1 amide bonds. The maximum absolute atomic E-state index is 14.3. The number of aromatic amines is 1. The second-order valence-corrected chi connectivity index (χ2v) is 6.28. The molecule has 0 aliphatic carbocycles. The number of nitrogens with one attached hydrogen (secondary N) is 3. The van der Waals surface area contributed by atoms with E-state index in [2.05, 4.69) is 10.3 Å². The first-order chi connectivity index (χ1) is 13.7. The minimum atomic E-state index is -0.972. The van der Waals surface area contributed by atoms with Crippen molar-refractivity contribution in [3.8, 4) is 0 Å². The van der Waals surface area contributed by atoms with Crippen LogP contribution in [0.1, 0.15) is 28.9 Å². The number of primary amides is 1. The van der Waals surface area contributed by atoms with Gasteiger partial charge in [-0.2, -0.15) is 0 Å². The molecule has 0 radical (unpaired) electrons. The van der Waals surface area contributed by atoms with E-state index >= 15 is 0 Å². The standard InChI is InChI=1S/C19H12ClF3N4O2.CH4/c20-10-7-26-19(29)14(16(10)27-17-12(22)2-1-3-13(17)23)15(24)9-6-8(18(25)28)4-5-11(9)21;/h1-7,24H,(H2,25,28)(H2,26,27,29);1H4. The topological polar surface area (TPSA) is 112 Å². The Kier molecular flexibility index (Phi) is 6.68. The van der Waals surface area contributed by atoms with Crippen molar-refractivity contribution >= 4 is 34.6 Å². The number of para-hydroxylation sites is 1. The summed E-state index contributed by atoms with van der Waals surface area (Å²) in [4.78, 5) is 26.0. The van der Waals surface area contributed by atoms with Gasteiger partial charge in [-0.15, -0.1) is 0 Å². The van der Waals surface area contributed by atoms with Crippen molar-refractivity contribution in [1.82, 2.24) is 4.98 Å². The minimum absolute atomic E-state index is 0. The lowest BCUT2D eigenvalue weighted by Crippen LogP contribution is -2.22. The lowest BCUT2D eigenvalue weighted by molar-refractivity contribution is 0.1000. The van der Waals surface area contributed by atoms with Crippen LogP contribution in [0, 0.1) is 22.9 Å². The van der Waals surface area contributed by atoms with Crippen LogP contribution in [0.5, 0.6) is 0 Å². The van der Waals surface area contributed by atoms with E-state index in [-0.39, 0.29) is 23.7 Å². The molecule has 1 aromatic heterocycles. The van der Waals surface area contributed by atoms with Gasteiger partial charge in [0.15, 0.2) is 0 Å². The monoisotopic (exact) mass is 436 g/mol. The van der Waals surface area contributed by atoms with E-state index in [0.29, 0.717) is 0 Å². The second-order valence-electron chi connectivity index (χ2n) is 5.87. The number of hydrogen-bond acceptors (Lipinski definition) is 4. The van der Waals surface area contributed by atoms with Crippen molar-refractivity contribution in [3.05, 3.63) is 92.1 Å². The Hall–Kier alpha value is -3.59. The van der Waals surface area contributed by atoms with Crippen LogP contribution >= 0.6 is 11.6 Å². The normalized spacial score (nSPS) is 10.3. The Morgan fingerprint density at radius 1 is 1.07 bits per heavy atom. The Bertz CT molecular complexity index is 1190. The fourth-order valence-electron chi connectivity index (χ4n) is 2.61. The fourth-order valence-corrected chi connectivity index (χ4v) is 2.81. The summed E-state index contributed by atoms with van der Waals surface area (Å²) >= 11 is 6.07. The summed E-state index contributed by atoms with van der Waals surface area (Å²) in [6.07, 6.45) is 1.05. The van der Waals surface area contributed by atoms with Crippen LogP contribution in [0.3, 0.4) is 0 Å². The number of pyridine rings is 1. The average Bonchev–Trinajstić information content (AvgIpc) is 2.67. The van der Waals surface area contributed by atoms with Gasteiger partial charge in [0.05, 0.1) is 22.0 Å². The Balaban J connectivity index is 0.00000320. The molecule has 30 heavy (non-hydrogen) atoms. The summed E-state index contributed by atoms with van der Waals surface area (Å²) < 4.78 is 42.4. The van der Waals surface area contributed by atoms with Gasteiger partial charge in [-0.25, -0.2) is 13.2 Å². The van der Waals surface area contributed by atoms with Crippen LogP contribution in [-0.2, 0) is 0 Å². The molecule has 0 atom stereocenters. The van der Waals surface area contributed by atoms with E-state index in [1.807, 2.05) is 0 Å². The number of carbonyl (C=O) groups excluding carboxylic acids is 1. The highest BCUT2D eigenvalue weighted by Crippen LogP contribution is 2.31. The zero-order valence-electron chi connectivity index (χ0n) is 14.4.